The number of carbonyl (C=O) groups excluding carboxylic acids is 1. The Balaban J connectivity index is 1.96. The van der Waals surface area contributed by atoms with Gasteiger partial charge < -0.3 is 5.32 Å². The summed E-state index contributed by atoms with van der Waals surface area (Å²) in [6, 6.07) is 14.2. The number of benzene rings is 2. The zero-order chi connectivity index (χ0) is 16.1. The molecule has 0 fully saturated rings. The first kappa shape index (κ1) is 16.8. The van der Waals surface area contributed by atoms with Crippen LogP contribution in [0.4, 0.5) is 5.69 Å². The summed E-state index contributed by atoms with van der Waals surface area (Å²) in [6.45, 7) is 3.80. The lowest BCUT2D eigenvalue weighted by molar-refractivity contribution is -0.117. The smallest absolute Gasteiger partial charge is 0.241 e. The molecular formula is C17H18Cl2N2O. The fourth-order valence-corrected chi connectivity index (χ4v) is 2.58. The van der Waals surface area contributed by atoms with Crippen LogP contribution in [0, 0.1) is 0 Å². The van der Waals surface area contributed by atoms with Crippen molar-refractivity contribution in [3.05, 3.63) is 64.1 Å². The van der Waals surface area contributed by atoms with Crippen molar-refractivity contribution in [2.75, 3.05) is 5.32 Å². The number of hydrogen-bond acceptors (Lipinski definition) is 2. The Bertz CT molecular complexity index is 643. The molecule has 0 aliphatic carbocycles. The molecule has 2 N–H and O–H groups in total. The Morgan fingerprint density at radius 3 is 2.27 bits per heavy atom. The number of nitrogens with one attached hydrogen (secondary N) is 2. The summed E-state index contributed by atoms with van der Waals surface area (Å²) in [7, 11) is 0. The Kier molecular flexibility index (Phi) is 5.83. The summed E-state index contributed by atoms with van der Waals surface area (Å²) in [5, 5.41) is 7.42. The number of rotatable bonds is 5. The molecule has 0 aliphatic rings. The highest BCUT2D eigenvalue weighted by Crippen LogP contribution is 2.22. The maximum absolute atomic E-state index is 12.2. The molecule has 0 heterocycles. The number of halogens is 2. The molecule has 0 saturated heterocycles. The van der Waals surface area contributed by atoms with E-state index in [0.717, 1.165) is 5.56 Å². The van der Waals surface area contributed by atoms with E-state index < -0.39 is 0 Å². The fourth-order valence-electron chi connectivity index (χ4n) is 2.15. The van der Waals surface area contributed by atoms with Crippen molar-refractivity contribution >= 4 is 34.8 Å². The quantitative estimate of drug-likeness (QED) is 0.832. The van der Waals surface area contributed by atoms with Gasteiger partial charge in [-0.05, 0) is 49.7 Å². The standard InChI is InChI=1S/C17H18Cl2N2O/c1-11(15-5-3-4-6-16(15)19)20-12(2)17(22)21-14-9-7-13(18)8-10-14/h3-12,20H,1-2H3,(H,21,22)/t11-,12-/m0/s1. The van der Waals surface area contributed by atoms with Crippen LogP contribution in [0.5, 0.6) is 0 Å². The molecular weight excluding hydrogens is 319 g/mol. The summed E-state index contributed by atoms with van der Waals surface area (Å²) >= 11 is 12.0. The van der Waals surface area contributed by atoms with E-state index in [1.54, 1.807) is 24.3 Å². The summed E-state index contributed by atoms with van der Waals surface area (Å²) in [4.78, 5) is 12.2. The largest absolute Gasteiger partial charge is 0.325 e. The third-order valence-electron chi connectivity index (χ3n) is 3.38. The van der Waals surface area contributed by atoms with Gasteiger partial charge in [-0.3, -0.25) is 10.1 Å². The molecule has 0 aromatic heterocycles. The van der Waals surface area contributed by atoms with Gasteiger partial charge in [0.1, 0.15) is 0 Å². The average molecular weight is 337 g/mol. The van der Waals surface area contributed by atoms with Crippen LogP contribution < -0.4 is 10.6 Å². The van der Waals surface area contributed by atoms with Gasteiger partial charge >= 0.3 is 0 Å². The van der Waals surface area contributed by atoms with Crippen molar-refractivity contribution in [1.82, 2.24) is 5.32 Å². The molecule has 116 valence electrons. The van der Waals surface area contributed by atoms with Gasteiger partial charge in [-0.25, -0.2) is 0 Å². The Morgan fingerprint density at radius 1 is 1.00 bits per heavy atom. The SMILES string of the molecule is C[C@H](N[C@@H](C)c1ccccc1Cl)C(=O)Nc1ccc(Cl)cc1. The Morgan fingerprint density at radius 2 is 1.64 bits per heavy atom. The van der Waals surface area contributed by atoms with Crippen molar-refractivity contribution in [1.29, 1.82) is 0 Å². The average Bonchev–Trinajstić information content (AvgIpc) is 2.49. The van der Waals surface area contributed by atoms with Gasteiger partial charge in [-0.1, -0.05) is 41.4 Å². The van der Waals surface area contributed by atoms with Crippen molar-refractivity contribution in [2.45, 2.75) is 25.9 Å². The number of hydrogen-bond donors (Lipinski definition) is 2. The summed E-state index contributed by atoms with van der Waals surface area (Å²) in [6.07, 6.45) is 0. The zero-order valence-corrected chi connectivity index (χ0v) is 13.9. The van der Waals surface area contributed by atoms with Gasteiger partial charge in [-0.15, -0.1) is 0 Å². The van der Waals surface area contributed by atoms with E-state index in [-0.39, 0.29) is 18.0 Å². The molecule has 22 heavy (non-hydrogen) atoms. The predicted octanol–water partition coefficient (Wildman–Crippen LogP) is 4.67. The summed E-state index contributed by atoms with van der Waals surface area (Å²) in [5.74, 6) is -0.110. The molecule has 2 atom stereocenters. The van der Waals surface area contributed by atoms with E-state index in [2.05, 4.69) is 10.6 Å². The third-order valence-corrected chi connectivity index (χ3v) is 3.97. The second-order valence-electron chi connectivity index (χ2n) is 5.13. The maximum atomic E-state index is 12.2. The van der Waals surface area contributed by atoms with Crippen LogP contribution in [-0.4, -0.2) is 11.9 Å². The molecule has 0 unspecified atom stereocenters. The maximum Gasteiger partial charge on any atom is 0.241 e. The molecule has 0 bridgehead atoms. The summed E-state index contributed by atoms with van der Waals surface area (Å²) in [5.41, 5.74) is 1.68. The second-order valence-corrected chi connectivity index (χ2v) is 5.97. The Hall–Kier alpha value is -1.55. The summed E-state index contributed by atoms with van der Waals surface area (Å²) < 4.78 is 0. The first-order chi connectivity index (χ1) is 10.5. The molecule has 5 heteroatoms. The predicted molar refractivity (Wildman–Crippen MR) is 92.5 cm³/mol. The van der Waals surface area contributed by atoms with Crippen LogP contribution in [-0.2, 0) is 4.79 Å². The van der Waals surface area contributed by atoms with E-state index in [9.17, 15) is 4.79 Å². The lowest BCUT2D eigenvalue weighted by Crippen LogP contribution is -2.39. The molecule has 1 amide bonds. The molecule has 2 rings (SSSR count). The molecule has 0 spiro atoms. The lowest BCUT2D eigenvalue weighted by atomic mass is 10.1. The monoisotopic (exact) mass is 336 g/mol. The van der Waals surface area contributed by atoms with Crippen LogP contribution in [0.2, 0.25) is 10.0 Å². The lowest BCUT2D eigenvalue weighted by Gasteiger charge is -2.20. The molecule has 0 saturated carbocycles. The van der Waals surface area contributed by atoms with Crippen LogP contribution >= 0.6 is 23.2 Å². The number of amides is 1. The van der Waals surface area contributed by atoms with Crippen molar-refractivity contribution in [3.8, 4) is 0 Å². The molecule has 0 aliphatic heterocycles. The highest BCUT2D eigenvalue weighted by molar-refractivity contribution is 6.31. The minimum Gasteiger partial charge on any atom is -0.325 e. The highest BCUT2D eigenvalue weighted by Gasteiger charge is 2.17. The first-order valence-corrected chi connectivity index (χ1v) is 7.80. The van der Waals surface area contributed by atoms with Gasteiger partial charge in [0.05, 0.1) is 6.04 Å². The van der Waals surface area contributed by atoms with Crippen LogP contribution in [0.1, 0.15) is 25.5 Å². The zero-order valence-electron chi connectivity index (χ0n) is 12.4. The number of carbonyl (C=O) groups is 1. The van der Waals surface area contributed by atoms with E-state index in [4.69, 9.17) is 23.2 Å². The minimum atomic E-state index is -0.359. The van der Waals surface area contributed by atoms with Crippen molar-refractivity contribution in [2.24, 2.45) is 0 Å². The topological polar surface area (TPSA) is 41.1 Å². The minimum absolute atomic E-state index is 0.0281. The van der Waals surface area contributed by atoms with E-state index in [1.807, 2.05) is 38.1 Å². The third kappa shape index (κ3) is 4.47. The van der Waals surface area contributed by atoms with Crippen molar-refractivity contribution in [3.63, 3.8) is 0 Å². The normalized spacial score (nSPS) is 13.5. The molecule has 0 radical (unpaired) electrons. The van der Waals surface area contributed by atoms with Gasteiger partial charge in [0.25, 0.3) is 0 Å². The van der Waals surface area contributed by atoms with E-state index in [1.165, 1.54) is 0 Å². The van der Waals surface area contributed by atoms with Crippen molar-refractivity contribution < 1.29 is 4.79 Å². The second kappa shape index (κ2) is 7.63. The molecule has 2 aromatic rings. The van der Waals surface area contributed by atoms with E-state index in [0.29, 0.717) is 15.7 Å². The van der Waals surface area contributed by atoms with Crippen LogP contribution in [0.15, 0.2) is 48.5 Å². The number of anilines is 1. The van der Waals surface area contributed by atoms with E-state index >= 15 is 0 Å². The highest BCUT2D eigenvalue weighted by atomic mass is 35.5. The van der Waals surface area contributed by atoms with Gasteiger partial charge in [-0.2, -0.15) is 0 Å². The fraction of sp³-hybridized carbons (Fsp3) is 0.235. The van der Waals surface area contributed by atoms with Gasteiger partial charge in [0.15, 0.2) is 0 Å². The van der Waals surface area contributed by atoms with Crippen LogP contribution in [0.25, 0.3) is 0 Å². The first-order valence-electron chi connectivity index (χ1n) is 7.04. The van der Waals surface area contributed by atoms with Gasteiger partial charge in [0, 0.05) is 21.8 Å². The molecule has 3 nitrogen and oxygen atoms in total. The van der Waals surface area contributed by atoms with Gasteiger partial charge in [0.2, 0.25) is 5.91 Å². The Labute approximate surface area is 140 Å². The van der Waals surface area contributed by atoms with Crippen LogP contribution in [0.3, 0.4) is 0 Å². The molecule has 2 aromatic carbocycles.